The number of halogens is 4. The normalized spacial score (nSPS) is 11.6. The van der Waals surface area contributed by atoms with Gasteiger partial charge in [-0.05, 0) is 35.0 Å². The molecule has 2 aromatic heterocycles. The Balaban J connectivity index is 2.16. The second-order valence-corrected chi connectivity index (χ2v) is 4.68. The van der Waals surface area contributed by atoms with Crippen LogP contribution in [0.15, 0.2) is 27.4 Å². The molecule has 0 saturated carbocycles. The number of aromatic nitrogens is 2. The fourth-order valence-corrected chi connectivity index (χ4v) is 1.84. The van der Waals surface area contributed by atoms with Crippen molar-refractivity contribution in [3.05, 3.63) is 39.8 Å². The maximum absolute atomic E-state index is 12.7. The minimum atomic E-state index is -4.50. The van der Waals surface area contributed by atoms with Gasteiger partial charge in [-0.25, -0.2) is 4.98 Å². The Morgan fingerprint density at radius 1 is 1.37 bits per heavy atom. The van der Waals surface area contributed by atoms with Gasteiger partial charge in [0.2, 0.25) is 0 Å². The van der Waals surface area contributed by atoms with Crippen LogP contribution in [0.3, 0.4) is 0 Å². The molecule has 0 amide bonds. The summed E-state index contributed by atoms with van der Waals surface area (Å²) in [5, 5.41) is 6.50. The molecule has 0 aliphatic carbocycles. The SMILES string of the molecule is Cc1conc1CNc1ccc(Br)c(C(F)(F)F)n1. The van der Waals surface area contributed by atoms with Crippen LogP contribution in [0.5, 0.6) is 0 Å². The number of aryl methyl sites for hydroxylation is 1. The third-order valence-corrected chi connectivity index (χ3v) is 3.04. The molecule has 0 saturated heterocycles. The molecule has 0 fully saturated rings. The Morgan fingerprint density at radius 2 is 2.11 bits per heavy atom. The molecular formula is C11H9BrF3N3O. The molecule has 2 heterocycles. The highest BCUT2D eigenvalue weighted by atomic mass is 79.9. The van der Waals surface area contributed by atoms with E-state index in [-0.39, 0.29) is 16.8 Å². The largest absolute Gasteiger partial charge is 0.434 e. The van der Waals surface area contributed by atoms with Gasteiger partial charge < -0.3 is 9.84 Å². The number of pyridine rings is 1. The van der Waals surface area contributed by atoms with E-state index in [0.29, 0.717) is 5.69 Å². The van der Waals surface area contributed by atoms with Crippen molar-refractivity contribution in [2.45, 2.75) is 19.6 Å². The molecule has 0 aliphatic heterocycles. The third-order valence-electron chi connectivity index (χ3n) is 2.40. The quantitative estimate of drug-likeness (QED) is 0.927. The molecule has 0 unspecified atom stereocenters. The lowest BCUT2D eigenvalue weighted by molar-refractivity contribution is -0.141. The number of alkyl halides is 3. The first-order valence-electron chi connectivity index (χ1n) is 5.25. The maximum Gasteiger partial charge on any atom is 0.434 e. The molecule has 8 heteroatoms. The Hall–Kier alpha value is -1.57. The molecule has 0 atom stereocenters. The van der Waals surface area contributed by atoms with Crippen LogP contribution in [0.4, 0.5) is 19.0 Å². The molecule has 2 rings (SSSR count). The van der Waals surface area contributed by atoms with E-state index < -0.39 is 11.9 Å². The summed E-state index contributed by atoms with van der Waals surface area (Å²) in [4.78, 5) is 3.53. The van der Waals surface area contributed by atoms with Gasteiger partial charge in [0.25, 0.3) is 0 Å². The van der Waals surface area contributed by atoms with E-state index in [2.05, 4.69) is 31.4 Å². The van der Waals surface area contributed by atoms with Crippen molar-refractivity contribution in [2.24, 2.45) is 0 Å². The number of rotatable bonds is 3. The smallest absolute Gasteiger partial charge is 0.364 e. The van der Waals surface area contributed by atoms with Gasteiger partial charge in [-0.15, -0.1) is 0 Å². The predicted molar refractivity (Wildman–Crippen MR) is 65.5 cm³/mol. The Morgan fingerprint density at radius 3 is 2.68 bits per heavy atom. The van der Waals surface area contributed by atoms with Crippen LogP contribution in [0.25, 0.3) is 0 Å². The number of hydrogen-bond acceptors (Lipinski definition) is 4. The molecule has 0 aromatic carbocycles. The van der Waals surface area contributed by atoms with E-state index in [1.165, 1.54) is 18.4 Å². The lowest BCUT2D eigenvalue weighted by atomic mass is 10.3. The molecule has 0 spiro atoms. The first kappa shape index (κ1) is 13.9. The second-order valence-electron chi connectivity index (χ2n) is 3.82. The third kappa shape index (κ3) is 3.25. The average molecular weight is 336 g/mol. The molecule has 0 aliphatic rings. The summed E-state index contributed by atoms with van der Waals surface area (Å²) in [7, 11) is 0. The van der Waals surface area contributed by atoms with Gasteiger partial charge in [0.05, 0.1) is 6.54 Å². The van der Waals surface area contributed by atoms with Crippen LogP contribution >= 0.6 is 15.9 Å². The topological polar surface area (TPSA) is 51.0 Å². The maximum atomic E-state index is 12.7. The molecule has 0 bridgehead atoms. The van der Waals surface area contributed by atoms with Gasteiger partial charge in [-0.2, -0.15) is 13.2 Å². The first-order valence-corrected chi connectivity index (χ1v) is 6.04. The van der Waals surface area contributed by atoms with E-state index in [0.717, 1.165) is 5.56 Å². The Labute approximate surface area is 115 Å². The molecule has 2 aromatic rings. The van der Waals surface area contributed by atoms with Crippen LogP contribution in [-0.2, 0) is 12.7 Å². The summed E-state index contributed by atoms with van der Waals surface area (Å²) >= 11 is 2.83. The lowest BCUT2D eigenvalue weighted by Gasteiger charge is -2.10. The van der Waals surface area contributed by atoms with Crippen LogP contribution in [0, 0.1) is 6.92 Å². The number of nitrogens with zero attached hydrogens (tertiary/aromatic N) is 2. The van der Waals surface area contributed by atoms with Crippen molar-refractivity contribution in [3.63, 3.8) is 0 Å². The van der Waals surface area contributed by atoms with E-state index in [9.17, 15) is 13.2 Å². The van der Waals surface area contributed by atoms with Crippen molar-refractivity contribution in [1.29, 1.82) is 0 Å². The Kier molecular flexibility index (Phi) is 3.79. The average Bonchev–Trinajstić information content (AvgIpc) is 2.72. The van der Waals surface area contributed by atoms with E-state index in [1.54, 1.807) is 6.92 Å². The summed E-state index contributed by atoms with van der Waals surface area (Å²) in [6, 6.07) is 2.75. The van der Waals surface area contributed by atoms with Crippen LogP contribution in [0.1, 0.15) is 17.0 Å². The highest BCUT2D eigenvalue weighted by Gasteiger charge is 2.35. The molecule has 1 N–H and O–H groups in total. The fourth-order valence-electron chi connectivity index (χ4n) is 1.39. The second kappa shape index (κ2) is 5.20. The van der Waals surface area contributed by atoms with Gasteiger partial charge in [-0.1, -0.05) is 5.16 Å². The molecule has 4 nitrogen and oxygen atoms in total. The molecular weight excluding hydrogens is 327 g/mol. The van der Waals surface area contributed by atoms with Gasteiger partial charge in [0.15, 0.2) is 5.69 Å². The summed E-state index contributed by atoms with van der Waals surface area (Å²) in [6.07, 6.45) is -3.03. The van der Waals surface area contributed by atoms with Gasteiger partial charge in [0, 0.05) is 10.0 Å². The number of nitrogens with one attached hydrogen (secondary N) is 1. The van der Waals surface area contributed by atoms with E-state index in [4.69, 9.17) is 4.52 Å². The van der Waals surface area contributed by atoms with Crippen LogP contribution in [-0.4, -0.2) is 10.1 Å². The van der Waals surface area contributed by atoms with Crippen molar-refractivity contribution >= 4 is 21.7 Å². The molecule has 0 radical (unpaired) electrons. The minimum Gasteiger partial charge on any atom is -0.364 e. The van der Waals surface area contributed by atoms with Crippen LogP contribution < -0.4 is 5.32 Å². The first-order chi connectivity index (χ1) is 8.88. The summed E-state index contributed by atoms with van der Waals surface area (Å²) in [5.74, 6) is 0.123. The molecule has 102 valence electrons. The standard InChI is InChI=1S/C11H9BrF3N3O/c1-6-5-19-18-8(6)4-16-9-3-2-7(12)10(17-9)11(13,14)15/h2-3,5H,4H2,1H3,(H,16,17). The lowest BCUT2D eigenvalue weighted by Crippen LogP contribution is -2.11. The summed E-state index contributed by atoms with van der Waals surface area (Å²) in [5.41, 5.74) is 0.480. The Bertz CT molecular complexity index is 583. The zero-order chi connectivity index (χ0) is 14.0. The summed E-state index contributed by atoms with van der Waals surface area (Å²) in [6.45, 7) is 2.04. The van der Waals surface area contributed by atoms with Crippen molar-refractivity contribution in [2.75, 3.05) is 5.32 Å². The van der Waals surface area contributed by atoms with Gasteiger partial charge >= 0.3 is 6.18 Å². The van der Waals surface area contributed by atoms with Crippen molar-refractivity contribution in [1.82, 2.24) is 10.1 Å². The predicted octanol–water partition coefficient (Wildman–Crippen LogP) is 3.77. The molecule has 19 heavy (non-hydrogen) atoms. The van der Waals surface area contributed by atoms with E-state index in [1.807, 2.05) is 0 Å². The highest BCUT2D eigenvalue weighted by Crippen LogP contribution is 2.34. The number of anilines is 1. The zero-order valence-corrected chi connectivity index (χ0v) is 11.3. The van der Waals surface area contributed by atoms with Crippen molar-refractivity contribution in [3.8, 4) is 0 Å². The van der Waals surface area contributed by atoms with Gasteiger partial charge in [0.1, 0.15) is 17.8 Å². The van der Waals surface area contributed by atoms with Crippen molar-refractivity contribution < 1.29 is 17.7 Å². The number of hydrogen-bond donors (Lipinski definition) is 1. The van der Waals surface area contributed by atoms with Gasteiger partial charge in [-0.3, -0.25) is 0 Å². The van der Waals surface area contributed by atoms with E-state index >= 15 is 0 Å². The zero-order valence-electron chi connectivity index (χ0n) is 9.75. The summed E-state index contributed by atoms with van der Waals surface area (Å²) < 4.78 is 42.6. The highest BCUT2D eigenvalue weighted by molar-refractivity contribution is 9.10. The monoisotopic (exact) mass is 335 g/mol. The fraction of sp³-hybridized carbons (Fsp3) is 0.273. The minimum absolute atomic E-state index is 0.0943. The van der Waals surface area contributed by atoms with Crippen LogP contribution in [0.2, 0.25) is 0 Å².